The van der Waals surface area contributed by atoms with Gasteiger partial charge in [-0.05, 0) is 36.8 Å². The van der Waals surface area contributed by atoms with Crippen molar-refractivity contribution in [2.45, 2.75) is 33.4 Å². The third kappa shape index (κ3) is 3.23. The van der Waals surface area contributed by atoms with Gasteiger partial charge in [-0.3, -0.25) is 19.0 Å². The van der Waals surface area contributed by atoms with Crippen LogP contribution in [-0.2, 0) is 24.3 Å². The second kappa shape index (κ2) is 6.96. The Bertz CT molecular complexity index is 1190. The van der Waals surface area contributed by atoms with Gasteiger partial charge in [0.25, 0.3) is 5.56 Å². The minimum absolute atomic E-state index is 0.106. The Morgan fingerprint density at radius 3 is 2.74 bits per heavy atom. The molecular weight excluding hydrogens is 362 g/mol. The monoisotopic (exact) mass is 381 g/mol. The normalized spacial score (nSPS) is 11.3. The summed E-state index contributed by atoms with van der Waals surface area (Å²) in [5, 5.41) is 7.26. The highest BCUT2D eigenvalue weighted by molar-refractivity contribution is 7.19. The van der Waals surface area contributed by atoms with Crippen molar-refractivity contribution in [3.63, 3.8) is 0 Å². The van der Waals surface area contributed by atoms with Gasteiger partial charge < -0.3 is 5.32 Å². The number of aromatic nitrogens is 4. The molecule has 4 heterocycles. The van der Waals surface area contributed by atoms with Crippen molar-refractivity contribution in [3.8, 4) is 0 Å². The van der Waals surface area contributed by atoms with E-state index >= 15 is 0 Å². The van der Waals surface area contributed by atoms with Crippen molar-refractivity contribution in [2.24, 2.45) is 0 Å². The molecule has 0 unspecified atom stereocenters. The molecule has 27 heavy (non-hydrogen) atoms. The maximum atomic E-state index is 12.9. The quantitative estimate of drug-likeness (QED) is 0.575. The first-order chi connectivity index (χ1) is 13.1. The first kappa shape index (κ1) is 17.4. The molecule has 0 spiro atoms. The van der Waals surface area contributed by atoms with E-state index in [1.54, 1.807) is 23.7 Å². The number of fused-ring (bicyclic) bond motifs is 3. The van der Waals surface area contributed by atoms with Crippen molar-refractivity contribution in [1.29, 1.82) is 0 Å². The first-order valence-corrected chi connectivity index (χ1v) is 9.55. The molecule has 0 bridgehead atoms. The minimum atomic E-state index is -0.257. The maximum Gasteiger partial charge on any atom is 0.291 e. The van der Waals surface area contributed by atoms with Crippen molar-refractivity contribution in [3.05, 3.63) is 63.3 Å². The van der Waals surface area contributed by atoms with Crippen LogP contribution in [0.15, 0.2) is 41.5 Å². The van der Waals surface area contributed by atoms with Crippen molar-refractivity contribution in [1.82, 2.24) is 24.5 Å². The number of nitrogens with zero attached hydrogens (tertiary/aromatic N) is 4. The van der Waals surface area contributed by atoms with Gasteiger partial charge in [-0.25, -0.2) is 4.68 Å². The first-order valence-electron chi connectivity index (χ1n) is 8.74. The fourth-order valence-electron chi connectivity index (χ4n) is 3.14. The molecule has 0 radical (unpaired) electrons. The predicted molar refractivity (Wildman–Crippen MR) is 105 cm³/mol. The van der Waals surface area contributed by atoms with Gasteiger partial charge in [0.05, 0.1) is 10.2 Å². The van der Waals surface area contributed by atoms with E-state index in [-0.39, 0.29) is 18.0 Å². The summed E-state index contributed by atoms with van der Waals surface area (Å²) >= 11 is 1.65. The Morgan fingerprint density at radius 1 is 1.22 bits per heavy atom. The molecule has 4 aromatic rings. The predicted octanol–water partition coefficient (Wildman–Crippen LogP) is 2.29. The lowest BCUT2D eigenvalue weighted by molar-refractivity contribution is -0.122. The lowest BCUT2D eigenvalue weighted by Gasteiger charge is -2.10. The fourth-order valence-corrected chi connectivity index (χ4v) is 4.08. The van der Waals surface area contributed by atoms with Crippen molar-refractivity contribution in [2.75, 3.05) is 0 Å². The molecule has 138 valence electrons. The molecule has 0 saturated carbocycles. The molecule has 0 atom stereocenters. The number of rotatable bonds is 5. The van der Waals surface area contributed by atoms with Crippen molar-refractivity contribution >= 4 is 33.0 Å². The van der Waals surface area contributed by atoms with E-state index < -0.39 is 0 Å². The van der Waals surface area contributed by atoms with Gasteiger partial charge in [0, 0.05) is 30.2 Å². The average molecular weight is 381 g/mol. The van der Waals surface area contributed by atoms with Crippen LogP contribution in [0.3, 0.4) is 0 Å². The number of pyridine rings is 1. The molecule has 0 aromatic carbocycles. The Balaban J connectivity index is 1.64. The number of hydrogen-bond acceptors (Lipinski definition) is 5. The molecule has 7 nitrogen and oxygen atoms in total. The standard InChI is InChI=1S/C19H19N5O2S/c1-3-17-22-23(11-18(25)21-10-13-4-6-20-7-5-13)19(26)15-9-16-14(24(15)17)8-12(2)27-16/h4-9H,3,10-11H2,1-2H3,(H,21,25). The molecule has 8 heteroatoms. The van der Waals surface area contributed by atoms with Gasteiger partial charge in [-0.2, -0.15) is 5.10 Å². The van der Waals surface area contributed by atoms with Gasteiger partial charge in [0.2, 0.25) is 5.91 Å². The zero-order chi connectivity index (χ0) is 19.0. The summed E-state index contributed by atoms with van der Waals surface area (Å²) < 4.78 is 4.22. The largest absolute Gasteiger partial charge is 0.350 e. The highest BCUT2D eigenvalue weighted by Crippen LogP contribution is 2.28. The summed E-state index contributed by atoms with van der Waals surface area (Å²) in [6.07, 6.45) is 4.01. The topological polar surface area (TPSA) is 81.3 Å². The van der Waals surface area contributed by atoms with E-state index in [0.29, 0.717) is 18.5 Å². The van der Waals surface area contributed by atoms with Crippen molar-refractivity contribution < 1.29 is 4.79 Å². The number of aryl methyl sites for hydroxylation is 2. The summed E-state index contributed by atoms with van der Waals surface area (Å²) in [5.74, 6) is 0.511. The van der Waals surface area contributed by atoms with E-state index in [4.69, 9.17) is 0 Å². The lowest BCUT2D eigenvalue weighted by atomic mass is 10.3. The summed E-state index contributed by atoms with van der Waals surface area (Å²) in [4.78, 5) is 30.3. The number of amides is 1. The summed E-state index contributed by atoms with van der Waals surface area (Å²) in [6.45, 7) is 4.32. The molecular formula is C19H19N5O2S. The van der Waals surface area contributed by atoms with Crippen LogP contribution in [0, 0.1) is 6.92 Å². The molecule has 0 fully saturated rings. The Hall–Kier alpha value is -3.00. The van der Waals surface area contributed by atoms with Crippen LogP contribution in [0.2, 0.25) is 0 Å². The smallest absolute Gasteiger partial charge is 0.291 e. The molecule has 1 N–H and O–H groups in total. The number of carbonyl (C=O) groups excluding carboxylic acids is 1. The molecule has 0 aliphatic carbocycles. The lowest BCUT2D eigenvalue weighted by Crippen LogP contribution is -2.35. The third-order valence-electron chi connectivity index (χ3n) is 4.41. The van der Waals surface area contributed by atoms with Gasteiger partial charge in [0.1, 0.15) is 17.9 Å². The van der Waals surface area contributed by atoms with E-state index in [9.17, 15) is 9.59 Å². The summed E-state index contributed by atoms with van der Waals surface area (Å²) in [5.41, 5.74) is 2.26. The van der Waals surface area contributed by atoms with Gasteiger partial charge >= 0.3 is 0 Å². The van der Waals surface area contributed by atoms with Gasteiger partial charge in [-0.1, -0.05) is 6.92 Å². The average Bonchev–Trinajstić information content (AvgIpc) is 3.19. The molecule has 1 amide bonds. The molecule has 0 saturated heterocycles. The van der Waals surface area contributed by atoms with E-state index in [0.717, 1.165) is 21.6 Å². The van der Waals surface area contributed by atoms with E-state index in [2.05, 4.69) is 21.5 Å². The zero-order valence-corrected chi connectivity index (χ0v) is 15.9. The number of hydrogen-bond donors (Lipinski definition) is 1. The van der Waals surface area contributed by atoms with Crippen LogP contribution in [0.5, 0.6) is 0 Å². The van der Waals surface area contributed by atoms with Crippen LogP contribution in [0.25, 0.3) is 15.7 Å². The Kier molecular flexibility index (Phi) is 4.49. The van der Waals surface area contributed by atoms with Crippen LogP contribution in [-0.4, -0.2) is 25.1 Å². The second-order valence-electron chi connectivity index (χ2n) is 6.34. The van der Waals surface area contributed by atoms with Gasteiger partial charge in [-0.15, -0.1) is 11.3 Å². The zero-order valence-electron chi connectivity index (χ0n) is 15.1. The van der Waals surface area contributed by atoms with Crippen LogP contribution in [0.1, 0.15) is 23.2 Å². The second-order valence-corrected chi connectivity index (χ2v) is 7.62. The minimum Gasteiger partial charge on any atom is -0.350 e. The van der Waals surface area contributed by atoms with E-state index in [1.807, 2.05) is 36.4 Å². The van der Waals surface area contributed by atoms with Crippen LogP contribution < -0.4 is 10.9 Å². The molecule has 0 aliphatic rings. The summed E-state index contributed by atoms with van der Waals surface area (Å²) in [7, 11) is 0. The van der Waals surface area contributed by atoms with Crippen LogP contribution in [0.4, 0.5) is 0 Å². The highest BCUT2D eigenvalue weighted by atomic mass is 32.1. The summed E-state index contributed by atoms with van der Waals surface area (Å²) in [6, 6.07) is 7.63. The SMILES string of the molecule is CCc1nn(CC(=O)NCc2ccncc2)c(=O)c2cc3sc(C)cc3n12. The molecule has 0 aliphatic heterocycles. The number of thiophene rings is 1. The van der Waals surface area contributed by atoms with Gasteiger partial charge in [0.15, 0.2) is 0 Å². The number of carbonyl (C=O) groups is 1. The molecule has 4 aromatic heterocycles. The Morgan fingerprint density at radius 2 is 2.00 bits per heavy atom. The van der Waals surface area contributed by atoms with Crippen LogP contribution >= 0.6 is 11.3 Å². The highest BCUT2D eigenvalue weighted by Gasteiger charge is 2.16. The maximum absolute atomic E-state index is 12.9. The van der Waals surface area contributed by atoms with E-state index in [1.165, 1.54) is 9.56 Å². The fraction of sp³-hybridized carbons (Fsp3) is 0.263. The Labute approximate surface area is 159 Å². The molecule has 4 rings (SSSR count). The third-order valence-corrected chi connectivity index (χ3v) is 5.40. The number of nitrogens with one attached hydrogen (secondary N) is 1.